The Bertz CT molecular complexity index is 2880. The van der Waals surface area contributed by atoms with Gasteiger partial charge in [0.25, 0.3) is 0 Å². The van der Waals surface area contributed by atoms with Crippen LogP contribution in [-0.4, -0.2) is 14.5 Å². The van der Waals surface area contributed by atoms with Gasteiger partial charge in [0.2, 0.25) is 0 Å². The fourth-order valence-electron chi connectivity index (χ4n) is 8.84. The molecule has 0 bridgehead atoms. The summed E-state index contributed by atoms with van der Waals surface area (Å²) < 4.78 is 2.24. The van der Waals surface area contributed by atoms with Gasteiger partial charge >= 0.3 is 0 Å². The molecule has 11 rings (SSSR count). The normalized spacial score (nSPS) is 15.6. The molecule has 0 fully saturated rings. The Balaban J connectivity index is 1.21. The first kappa shape index (κ1) is 27.4. The number of rotatable bonds is 2. The quantitative estimate of drug-likeness (QED) is 0.189. The van der Waals surface area contributed by atoms with E-state index in [4.69, 9.17) is 4.98 Å². The van der Waals surface area contributed by atoms with Gasteiger partial charge in [-0.05, 0) is 115 Å². The van der Waals surface area contributed by atoms with E-state index in [1.165, 1.54) is 66.4 Å². The largest absolute Gasteiger partial charge is 0.294 e. The average molecular weight is 636 g/mol. The van der Waals surface area contributed by atoms with E-state index in [0.717, 1.165) is 27.6 Å². The highest BCUT2D eigenvalue weighted by molar-refractivity contribution is 6.10. The van der Waals surface area contributed by atoms with Crippen molar-refractivity contribution < 1.29 is 0 Å². The molecule has 3 heterocycles. The van der Waals surface area contributed by atoms with Gasteiger partial charge in [-0.15, -0.1) is 0 Å². The van der Waals surface area contributed by atoms with Crippen molar-refractivity contribution >= 4 is 44.7 Å². The smallest absolute Gasteiger partial charge is 0.137 e. The Labute approximate surface area is 289 Å². The van der Waals surface area contributed by atoms with Gasteiger partial charge in [-0.3, -0.25) is 9.55 Å². The molecule has 0 saturated heterocycles. The number of benzene rings is 6. The van der Waals surface area contributed by atoms with Crippen molar-refractivity contribution in [3.8, 4) is 28.1 Å². The lowest BCUT2D eigenvalue weighted by atomic mass is 9.65. The molecular formula is C47H29N3. The molecule has 9 aromatic rings. The molecule has 0 aliphatic heterocycles. The summed E-state index contributed by atoms with van der Waals surface area (Å²) in [6.07, 6.45) is 10.3. The number of fused-ring (bicyclic) bond motifs is 13. The molecule has 0 saturated carbocycles. The second kappa shape index (κ2) is 10.2. The van der Waals surface area contributed by atoms with Crippen LogP contribution in [0.2, 0.25) is 0 Å². The monoisotopic (exact) mass is 635 g/mol. The van der Waals surface area contributed by atoms with Crippen LogP contribution in [0.4, 0.5) is 0 Å². The predicted molar refractivity (Wildman–Crippen MR) is 206 cm³/mol. The van der Waals surface area contributed by atoms with Crippen LogP contribution in [0, 0.1) is 0 Å². The molecule has 1 spiro atoms. The highest BCUT2D eigenvalue weighted by atomic mass is 15.1. The number of nitrogens with zero attached hydrogens (tertiary/aromatic N) is 3. The second-order valence-corrected chi connectivity index (χ2v) is 13.4. The van der Waals surface area contributed by atoms with E-state index in [-0.39, 0.29) is 0 Å². The summed E-state index contributed by atoms with van der Waals surface area (Å²) >= 11 is 0. The summed E-state index contributed by atoms with van der Waals surface area (Å²) in [4.78, 5) is 9.24. The molecule has 3 heteroatoms. The van der Waals surface area contributed by atoms with Crippen molar-refractivity contribution in [3.05, 3.63) is 198 Å². The Hall–Kier alpha value is -6.58. The van der Waals surface area contributed by atoms with Crippen LogP contribution in [0.3, 0.4) is 0 Å². The Morgan fingerprint density at radius 3 is 2.06 bits per heavy atom. The third kappa shape index (κ3) is 3.64. The molecule has 1 unspecified atom stereocenters. The average Bonchev–Trinajstić information content (AvgIpc) is 3.60. The lowest BCUT2D eigenvalue weighted by Crippen LogP contribution is -2.30. The zero-order valence-corrected chi connectivity index (χ0v) is 27.1. The molecule has 50 heavy (non-hydrogen) atoms. The second-order valence-electron chi connectivity index (χ2n) is 13.4. The van der Waals surface area contributed by atoms with Gasteiger partial charge in [-0.25, -0.2) is 4.98 Å². The number of aromatic nitrogens is 3. The Kier molecular flexibility index (Phi) is 5.59. The van der Waals surface area contributed by atoms with Crippen LogP contribution in [-0.2, 0) is 5.41 Å². The van der Waals surface area contributed by atoms with Crippen molar-refractivity contribution in [2.75, 3.05) is 0 Å². The SMILES string of the molecule is C1=Cc2ccc(-c3ccc4c(c3)c3cnccc3n4-c3ccccn3)cc2C2(c3ccccc31)c1ccccc1-c1cc3ccccc3cc12. The summed E-state index contributed by atoms with van der Waals surface area (Å²) in [6.45, 7) is 0. The number of hydrogen-bond acceptors (Lipinski definition) is 2. The minimum absolute atomic E-state index is 0.496. The van der Waals surface area contributed by atoms with Crippen molar-refractivity contribution in [1.29, 1.82) is 0 Å². The highest BCUT2D eigenvalue weighted by Crippen LogP contribution is 2.59. The first-order chi connectivity index (χ1) is 24.8. The standard InChI is InChI=1S/C47H29N3/c1-2-11-33-28-43-37(25-32(33)10-1)36-12-4-6-14-41(36)47(43)40-13-5-3-9-30(40)16-17-31-18-19-35(27-42(31)47)34-20-21-44-38(26-34)39-29-48-24-22-45(39)50(44)46-15-7-8-23-49-46/h1-29H. The molecule has 2 aliphatic carbocycles. The van der Waals surface area contributed by atoms with Crippen LogP contribution in [0.5, 0.6) is 0 Å². The molecule has 2 aliphatic rings. The van der Waals surface area contributed by atoms with Gasteiger partial charge in [0.15, 0.2) is 0 Å². The van der Waals surface area contributed by atoms with E-state index in [1.807, 2.05) is 30.7 Å². The van der Waals surface area contributed by atoms with Crippen molar-refractivity contribution in [1.82, 2.24) is 14.5 Å². The fraction of sp³-hybridized carbons (Fsp3) is 0.0213. The summed E-state index contributed by atoms with van der Waals surface area (Å²) in [6, 6.07) is 53.7. The van der Waals surface area contributed by atoms with Gasteiger partial charge in [-0.1, -0.05) is 109 Å². The van der Waals surface area contributed by atoms with Crippen LogP contribution in [0.1, 0.15) is 33.4 Å². The van der Waals surface area contributed by atoms with Crippen LogP contribution in [0.25, 0.3) is 72.8 Å². The lowest BCUT2D eigenvalue weighted by molar-refractivity contribution is 0.768. The summed E-state index contributed by atoms with van der Waals surface area (Å²) in [5, 5.41) is 4.80. The first-order valence-electron chi connectivity index (χ1n) is 17.1. The highest BCUT2D eigenvalue weighted by Gasteiger charge is 2.48. The molecule has 1 atom stereocenters. The maximum Gasteiger partial charge on any atom is 0.137 e. The van der Waals surface area contributed by atoms with E-state index < -0.39 is 5.41 Å². The van der Waals surface area contributed by atoms with E-state index in [2.05, 4.69) is 155 Å². The number of pyridine rings is 2. The van der Waals surface area contributed by atoms with Gasteiger partial charge in [0.05, 0.1) is 16.4 Å². The van der Waals surface area contributed by atoms with E-state index in [9.17, 15) is 0 Å². The van der Waals surface area contributed by atoms with Gasteiger partial charge in [0, 0.05) is 29.4 Å². The molecule has 6 aromatic carbocycles. The molecule has 3 nitrogen and oxygen atoms in total. The molecular weight excluding hydrogens is 607 g/mol. The zero-order valence-electron chi connectivity index (χ0n) is 27.1. The van der Waals surface area contributed by atoms with Crippen molar-refractivity contribution in [3.63, 3.8) is 0 Å². The number of hydrogen-bond donors (Lipinski definition) is 0. The molecule has 3 aromatic heterocycles. The maximum absolute atomic E-state index is 4.71. The third-order valence-electron chi connectivity index (χ3n) is 11.0. The van der Waals surface area contributed by atoms with Crippen molar-refractivity contribution in [2.45, 2.75) is 5.41 Å². The summed E-state index contributed by atoms with van der Waals surface area (Å²) in [5.41, 5.74) is 14.5. The molecule has 0 radical (unpaired) electrons. The van der Waals surface area contributed by atoms with Gasteiger partial charge < -0.3 is 0 Å². The minimum atomic E-state index is -0.496. The minimum Gasteiger partial charge on any atom is -0.294 e. The van der Waals surface area contributed by atoms with E-state index in [0.29, 0.717) is 0 Å². The molecule has 0 N–H and O–H groups in total. The molecule has 0 amide bonds. The van der Waals surface area contributed by atoms with Gasteiger partial charge in [-0.2, -0.15) is 0 Å². The van der Waals surface area contributed by atoms with Gasteiger partial charge in [0.1, 0.15) is 5.82 Å². The first-order valence-corrected chi connectivity index (χ1v) is 17.1. The zero-order chi connectivity index (χ0) is 32.8. The lowest BCUT2D eigenvalue weighted by Gasteiger charge is -2.35. The third-order valence-corrected chi connectivity index (χ3v) is 11.0. The Morgan fingerprint density at radius 2 is 1.18 bits per heavy atom. The van der Waals surface area contributed by atoms with Crippen molar-refractivity contribution in [2.24, 2.45) is 0 Å². The van der Waals surface area contributed by atoms with Crippen LogP contribution in [0.15, 0.2) is 164 Å². The topological polar surface area (TPSA) is 30.7 Å². The van der Waals surface area contributed by atoms with Crippen LogP contribution < -0.4 is 0 Å². The maximum atomic E-state index is 4.71. The Morgan fingerprint density at radius 1 is 0.460 bits per heavy atom. The van der Waals surface area contributed by atoms with E-state index in [1.54, 1.807) is 0 Å². The summed E-state index contributed by atoms with van der Waals surface area (Å²) in [7, 11) is 0. The van der Waals surface area contributed by atoms with Crippen LogP contribution >= 0.6 is 0 Å². The summed E-state index contributed by atoms with van der Waals surface area (Å²) in [5.74, 6) is 0.898. The fourth-order valence-corrected chi connectivity index (χ4v) is 8.84. The molecule has 232 valence electrons. The van der Waals surface area contributed by atoms with E-state index >= 15 is 0 Å². The predicted octanol–water partition coefficient (Wildman–Crippen LogP) is 11.2.